The second kappa shape index (κ2) is 8.42. The molecule has 23 heavy (non-hydrogen) atoms. The molecule has 0 saturated heterocycles. The molecule has 1 amide bonds. The predicted octanol–water partition coefficient (Wildman–Crippen LogP) is 3.12. The maximum absolute atomic E-state index is 11.8. The molecule has 0 spiro atoms. The van der Waals surface area contributed by atoms with Crippen LogP contribution < -0.4 is 10.6 Å². The number of hydrogen-bond acceptors (Lipinski definition) is 5. The van der Waals surface area contributed by atoms with Gasteiger partial charge < -0.3 is 15.4 Å². The average molecular weight is 356 g/mol. The molecule has 1 aromatic carbocycles. The van der Waals surface area contributed by atoms with E-state index in [0.29, 0.717) is 5.69 Å². The van der Waals surface area contributed by atoms with Gasteiger partial charge >= 0.3 is 5.97 Å². The first-order chi connectivity index (χ1) is 10.8. The van der Waals surface area contributed by atoms with Gasteiger partial charge in [0.15, 0.2) is 5.57 Å². The SMILES string of the molecule is CNC(=O)c1c(Cl)ccc(NC=C(C#N)C(=O)OC(C)C)c1Cl. The number of nitriles is 1. The lowest BCUT2D eigenvalue weighted by atomic mass is 10.1. The Kier molecular flexibility index (Phi) is 6.89. The summed E-state index contributed by atoms with van der Waals surface area (Å²) in [6.07, 6.45) is 0.811. The number of benzene rings is 1. The van der Waals surface area contributed by atoms with Crippen molar-refractivity contribution in [3.63, 3.8) is 0 Å². The van der Waals surface area contributed by atoms with Gasteiger partial charge in [0.25, 0.3) is 5.91 Å². The topological polar surface area (TPSA) is 91.2 Å². The average Bonchev–Trinajstić information content (AvgIpc) is 2.48. The number of carbonyl (C=O) groups is 2. The molecule has 1 rings (SSSR count). The van der Waals surface area contributed by atoms with E-state index in [1.54, 1.807) is 19.9 Å². The molecule has 0 bridgehead atoms. The zero-order valence-corrected chi connectivity index (χ0v) is 14.2. The summed E-state index contributed by atoms with van der Waals surface area (Å²) in [5, 5.41) is 14.4. The van der Waals surface area contributed by atoms with E-state index >= 15 is 0 Å². The number of amides is 1. The first kappa shape index (κ1) is 18.8. The Balaban J connectivity index is 3.10. The van der Waals surface area contributed by atoms with Crippen LogP contribution in [0.25, 0.3) is 0 Å². The zero-order chi connectivity index (χ0) is 17.6. The highest BCUT2D eigenvalue weighted by molar-refractivity contribution is 6.41. The van der Waals surface area contributed by atoms with Crippen molar-refractivity contribution in [1.29, 1.82) is 5.26 Å². The van der Waals surface area contributed by atoms with Crippen molar-refractivity contribution >= 4 is 40.8 Å². The lowest BCUT2D eigenvalue weighted by Crippen LogP contribution is -2.19. The van der Waals surface area contributed by atoms with E-state index in [1.807, 2.05) is 0 Å². The molecular weight excluding hydrogens is 341 g/mol. The van der Waals surface area contributed by atoms with Gasteiger partial charge in [-0.25, -0.2) is 4.79 Å². The monoisotopic (exact) mass is 355 g/mol. The van der Waals surface area contributed by atoms with E-state index in [4.69, 9.17) is 33.2 Å². The highest BCUT2D eigenvalue weighted by atomic mass is 35.5. The molecule has 1 aromatic rings. The third kappa shape index (κ3) is 4.88. The molecule has 0 aliphatic carbocycles. The molecular formula is C15H15Cl2N3O3. The van der Waals surface area contributed by atoms with Gasteiger partial charge in [-0.3, -0.25) is 4.79 Å². The smallest absolute Gasteiger partial charge is 0.350 e. The summed E-state index contributed by atoms with van der Waals surface area (Å²) >= 11 is 12.1. The first-order valence-corrected chi connectivity index (χ1v) is 7.35. The van der Waals surface area contributed by atoms with Crippen LogP contribution in [0.5, 0.6) is 0 Å². The molecule has 122 valence electrons. The number of carbonyl (C=O) groups excluding carboxylic acids is 2. The molecule has 0 aliphatic heterocycles. The molecule has 0 aliphatic rings. The summed E-state index contributed by atoms with van der Waals surface area (Å²) in [6.45, 7) is 3.35. The van der Waals surface area contributed by atoms with E-state index in [2.05, 4.69) is 10.6 Å². The third-order valence-electron chi connectivity index (χ3n) is 2.60. The molecule has 0 unspecified atom stereocenters. The van der Waals surface area contributed by atoms with Gasteiger partial charge in [-0.15, -0.1) is 0 Å². The fourth-order valence-electron chi connectivity index (χ4n) is 1.56. The molecule has 0 saturated carbocycles. The molecule has 0 atom stereocenters. The number of esters is 1. The maximum Gasteiger partial charge on any atom is 0.350 e. The van der Waals surface area contributed by atoms with Crippen LogP contribution in [0.1, 0.15) is 24.2 Å². The van der Waals surface area contributed by atoms with E-state index in [-0.39, 0.29) is 27.3 Å². The summed E-state index contributed by atoms with van der Waals surface area (Å²) in [7, 11) is 1.45. The van der Waals surface area contributed by atoms with Gasteiger partial charge in [0.05, 0.1) is 27.4 Å². The third-order valence-corrected chi connectivity index (χ3v) is 3.31. The fourth-order valence-corrected chi connectivity index (χ4v) is 2.16. The van der Waals surface area contributed by atoms with E-state index in [9.17, 15) is 9.59 Å². The number of nitrogens with one attached hydrogen (secondary N) is 2. The Labute approximate surface area is 144 Å². The molecule has 0 heterocycles. The Morgan fingerprint density at radius 1 is 1.35 bits per heavy atom. The minimum Gasteiger partial charge on any atom is -0.459 e. The number of anilines is 1. The van der Waals surface area contributed by atoms with Gasteiger partial charge in [-0.05, 0) is 26.0 Å². The molecule has 6 nitrogen and oxygen atoms in total. The summed E-state index contributed by atoms with van der Waals surface area (Å²) < 4.78 is 4.93. The van der Waals surface area contributed by atoms with Crippen molar-refractivity contribution in [2.75, 3.05) is 12.4 Å². The Bertz CT molecular complexity index is 694. The fraction of sp³-hybridized carbons (Fsp3) is 0.267. The van der Waals surface area contributed by atoms with Crippen LogP contribution in [-0.2, 0) is 9.53 Å². The van der Waals surface area contributed by atoms with Gasteiger partial charge in [-0.1, -0.05) is 23.2 Å². The maximum atomic E-state index is 11.8. The number of nitrogens with zero attached hydrogens (tertiary/aromatic N) is 1. The highest BCUT2D eigenvalue weighted by Crippen LogP contribution is 2.31. The van der Waals surface area contributed by atoms with Crippen LogP contribution in [0.3, 0.4) is 0 Å². The van der Waals surface area contributed by atoms with Crippen molar-refractivity contribution in [3.05, 3.63) is 39.5 Å². The van der Waals surface area contributed by atoms with Crippen LogP contribution >= 0.6 is 23.2 Å². The van der Waals surface area contributed by atoms with Crippen molar-refractivity contribution in [3.8, 4) is 6.07 Å². The molecule has 0 fully saturated rings. The van der Waals surface area contributed by atoms with Crippen LogP contribution in [0, 0.1) is 11.3 Å². The van der Waals surface area contributed by atoms with Gasteiger partial charge in [0.1, 0.15) is 6.07 Å². The quantitative estimate of drug-likeness (QED) is 0.481. The molecule has 8 heteroatoms. The lowest BCUT2D eigenvalue weighted by Gasteiger charge is -2.11. The summed E-state index contributed by atoms with van der Waals surface area (Å²) in [4.78, 5) is 23.5. The van der Waals surface area contributed by atoms with E-state index in [1.165, 1.54) is 19.2 Å². The number of ether oxygens (including phenoxy) is 1. The predicted molar refractivity (Wildman–Crippen MR) is 88.4 cm³/mol. The summed E-state index contributed by atoms with van der Waals surface area (Å²) in [6, 6.07) is 4.74. The number of rotatable bonds is 5. The second-order valence-electron chi connectivity index (χ2n) is 4.63. The van der Waals surface area contributed by atoms with E-state index in [0.717, 1.165) is 6.20 Å². The molecule has 2 N–H and O–H groups in total. The van der Waals surface area contributed by atoms with E-state index < -0.39 is 11.9 Å². The first-order valence-electron chi connectivity index (χ1n) is 6.59. The Morgan fingerprint density at radius 3 is 2.52 bits per heavy atom. The van der Waals surface area contributed by atoms with Crippen LogP contribution in [0.2, 0.25) is 10.0 Å². The second-order valence-corrected chi connectivity index (χ2v) is 5.42. The van der Waals surface area contributed by atoms with Crippen molar-refractivity contribution in [2.24, 2.45) is 0 Å². The van der Waals surface area contributed by atoms with Crippen molar-refractivity contribution in [2.45, 2.75) is 20.0 Å². The number of halogens is 2. The van der Waals surface area contributed by atoms with Crippen molar-refractivity contribution < 1.29 is 14.3 Å². The highest BCUT2D eigenvalue weighted by Gasteiger charge is 2.17. The Hall–Kier alpha value is -2.23. The molecule has 0 aromatic heterocycles. The number of hydrogen-bond donors (Lipinski definition) is 2. The summed E-state index contributed by atoms with van der Waals surface area (Å²) in [5.41, 5.74) is 0.184. The van der Waals surface area contributed by atoms with Gasteiger partial charge in [0, 0.05) is 13.2 Å². The minimum atomic E-state index is -0.758. The van der Waals surface area contributed by atoms with Gasteiger partial charge in [-0.2, -0.15) is 5.26 Å². The van der Waals surface area contributed by atoms with Crippen LogP contribution in [0.15, 0.2) is 23.9 Å². The minimum absolute atomic E-state index is 0.0719. The van der Waals surface area contributed by atoms with Crippen LogP contribution in [-0.4, -0.2) is 25.0 Å². The zero-order valence-electron chi connectivity index (χ0n) is 12.7. The molecule has 0 radical (unpaired) electrons. The normalized spacial score (nSPS) is 10.9. The van der Waals surface area contributed by atoms with Crippen LogP contribution in [0.4, 0.5) is 5.69 Å². The lowest BCUT2D eigenvalue weighted by molar-refractivity contribution is -0.142. The summed E-state index contributed by atoms with van der Waals surface area (Å²) in [5.74, 6) is -1.21. The van der Waals surface area contributed by atoms with Gasteiger partial charge in [0.2, 0.25) is 0 Å². The Morgan fingerprint density at radius 2 is 2.00 bits per heavy atom. The van der Waals surface area contributed by atoms with Crippen molar-refractivity contribution in [1.82, 2.24) is 5.32 Å². The standard InChI is InChI=1S/C15H15Cl2N3O3/c1-8(2)23-15(22)9(6-18)7-20-11-5-4-10(16)12(13(11)17)14(21)19-3/h4-5,7-8,20H,1-3H3,(H,19,21). The largest absolute Gasteiger partial charge is 0.459 e.